The van der Waals surface area contributed by atoms with Crippen molar-refractivity contribution in [2.24, 2.45) is 0 Å². The summed E-state index contributed by atoms with van der Waals surface area (Å²) in [5.74, 6) is 0.482. The van der Waals surface area contributed by atoms with Gasteiger partial charge in [-0.05, 0) is 26.0 Å². The summed E-state index contributed by atoms with van der Waals surface area (Å²) in [5.41, 5.74) is 0.509. The van der Waals surface area contributed by atoms with Crippen LogP contribution in [0.15, 0.2) is 36.1 Å². The minimum Gasteiger partial charge on any atom is -0.501 e. The fourth-order valence-corrected chi connectivity index (χ4v) is 1.57. The first-order chi connectivity index (χ1) is 11.0. The molecule has 0 aromatic heterocycles. The predicted octanol–water partition coefficient (Wildman–Crippen LogP) is 2.30. The van der Waals surface area contributed by atoms with Crippen LogP contribution in [0.5, 0.6) is 5.75 Å². The summed E-state index contributed by atoms with van der Waals surface area (Å²) < 4.78 is 15.1. The molecule has 0 fully saturated rings. The van der Waals surface area contributed by atoms with Gasteiger partial charge in [-0.3, -0.25) is 4.79 Å². The van der Waals surface area contributed by atoms with Crippen molar-refractivity contribution >= 4 is 17.7 Å². The number of benzene rings is 1. The summed E-state index contributed by atoms with van der Waals surface area (Å²) in [6, 6.07) is 6.53. The number of anilines is 1. The fourth-order valence-electron chi connectivity index (χ4n) is 1.57. The van der Waals surface area contributed by atoms with Gasteiger partial charge in [-0.1, -0.05) is 6.07 Å². The van der Waals surface area contributed by atoms with E-state index in [9.17, 15) is 9.59 Å². The molecule has 0 bridgehead atoms. The Morgan fingerprint density at radius 3 is 2.78 bits per heavy atom. The maximum absolute atomic E-state index is 11.7. The lowest BCUT2D eigenvalue weighted by Crippen LogP contribution is -2.30. The average Bonchev–Trinajstić information content (AvgIpc) is 2.51. The van der Waals surface area contributed by atoms with Gasteiger partial charge in [-0.2, -0.15) is 0 Å². The number of carbonyl (C=O) groups is 2. The van der Waals surface area contributed by atoms with Gasteiger partial charge in [0.25, 0.3) is 5.91 Å². The molecule has 23 heavy (non-hydrogen) atoms. The molecule has 0 unspecified atom stereocenters. The van der Waals surface area contributed by atoms with E-state index in [0.717, 1.165) is 0 Å². The molecular formula is C16H22N2O5. The standard InChI is InChI=1S/C16H22N2O5/c1-4-22-9-8-17-16(20)23-14-7-5-6-13(11-14)18-15(19)10-12(2)21-3/h5-7,10-11H,4,8-9H2,1-3H3,(H,17,20)(H,18,19)/b12-10-. The number of carbonyl (C=O) groups excluding carboxylic acids is 2. The Labute approximate surface area is 135 Å². The first-order valence-electron chi connectivity index (χ1n) is 7.22. The lowest BCUT2D eigenvalue weighted by atomic mass is 10.3. The molecule has 1 aromatic rings. The normalized spacial score (nSPS) is 10.8. The summed E-state index contributed by atoms with van der Waals surface area (Å²) in [6.45, 7) is 4.93. The van der Waals surface area contributed by atoms with Crippen molar-refractivity contribution in [3.63, 3.8) is 0 Å². The third kappa shape index (κ3) is 7.87. The number of rotatable bonds is 8. The Bertz CT molecular complexity index is 557. The van der Waals surface area contributed by atoms with E-state index < -0.39 is 6.09 Å². The number of nitrogens with one attached hydrogen (secondary N) is 2. The van der Waals surface area contributed by atoms with Gasteiger partial charge in [0.1, 0.15) is 5.75 Å². The molecule has 1 aromatic carbocycles. The summed E-state index contributed by atoms with van der Waals surface area (Å²) in [5, 5.41) is 5.21. The second-order valence-corrected chi connectivity index (χ2v) is 4.49. The Morgan fingerprint density at radius 2 is 2.09 bits per heavy atom. The van der Waals surface area contributed by atoms with Crippen molar-refractivity contribution in [2.45, 2.75) is 13.8 Å². The molecular weight excluding hydrogens is 300 g/mol. The van der Waals surface area contributed by atoms with Crippen LogP contribution in [0.2, 0.25) is 0 Å². The van der Waals surface area contributed by atoms with Crippen molar-refractivity contribution in [1.82, 2.24) is 5.32 Å². The van der Waals surface area contributed by atoms with E-state index in [1.165, 1.54) is 13.2 Å². The zero-order valence-electron chi connectivity index (χ0n) is 13.5. The highest BCUT2D eigenvalue weighted by Gasteiger charge is 2.06. The van der Waals surface area contributed by atoms with Crippen LogP contribution in [0.3, 0.4) is 0 Å². The van der Waals surface area contributed by atoms with Gasteiger partial charge in [0.05, 0.1) is 19.5 Å². The summed E-state index contributed by atoms with van der Waals surface area (Å²) >= 11 is 0. The van der Waals surface area contributed by atoms with Crippen LogP contribution in [0.4, 0.5) is 10.5 Å². The topological polar surface area (TPSA) is 85.9 Å². The molecule has 2 amide bonds. The SMILES string of the molecule is CCOCCNC(=O)Oc1cccc(NC(=O)/C=C(/C)OC)c1. The fraction of sp³-hybridized carbons (Fsp3) is 0.375. The van der Waals surface area contributed by atoms with Crippen LogP contribution in [-0.4, -0.2) is 38.9 Å². The van der Waals surface area contributed by atoms with Gasteiger partial charge < -0.3 is 24.8 Å². The molecule has 0 radical (unpaired) electrons. The Hall–Kier alpha value is -2.54. The third-order valence-corrected chi connectivity index (χ3v) is 2.69. The number of methoxy groups -OCH3 is 1. The minimum atomic E-state index is -0.580. The van der Waals surface area contributed by atoms with Crippen LogP contribution >= 0.6 is 0 Å². The van der Waals surface area contributed by atoms with Crippen LogP contribution < -0.4 is 15.4 Å². The third-order valence-electron chi connectivity index (χ3n) is 2.69. The molecule has 0 aliphatic heterocycles. The Balaban J connectivity index is 2.53. The molecule has 0 aliphatic carbocycles. The zero-order valence-corrected chi connectivity index (χ0v) is 13.5. The number of ether oxygens (including phenoxy) is 3. The van der Waals surface area contributed by atoms with E-state index in [4.69, 9.17) is 14.2 Å². The van der Waals surface area contributed by atoms with E-state index in [0.29, 0.717) is 37.0 Å². The Morgan fingerprint density at radius 1 is 1.30 bits per heavy atom. The van der Waals surface area contributed by atoms with Crippen LogP contribution in [0.25, 0.3) is 0 Å². The molecule has 0 saturated carbocycles. The van der Waals surface area contributed by atoms with Crippen molar-refractivity contribution in [2.75, 3.05) is 32.2 Å². The van der Waals surface area contributed by atoms with Gasteiger partial charge >= 0.3 is 6.09 Å². The van der Waals surface area contributed by atoms with E-state index in [2.05, 4.69) is 10.6 Å². The Kier molecular flexibility index (Phi) is 8.23. The number of amides is 2. The van der Waals surface area contributed by atoms with Crippen LogP contribution in [0, 0.1) is 0 Å². The van der Waals surface area contributed by atoms with Crippen molar-refractivity contribution < 1.29 is 23.8 Å². The number of hydrogen-bond donors (Lipinski definition) is 2. The first kappa shape index (κ1) is 18.5. The minimum absolute atomic E-state index is 0.323. The van der Waals surface area contributed by atoms with Gasteiger partial charge in [0.15, 0.2) is 0 Å². The van der Waals surface area contributed by atoms with Crippen molar-refractivity contribution in [1.29, 1.82) is 0 Å². The molecule has 2 N–H and O–H groups in total. The summed E-state index contributed by atoms with van der Waals surface area (Å²) in [4.78, 5) is 23.3. The largest absolute Gasteiger partial charge is 0.501 e. The smallest absolute Gasteiger partial charge is 0.412 e. The lowest BCUT2D eigenvalue weighted by Gasteiger charge is -2.08. The molecule has 7 heteroatoms. The highest BCUT2D eigenvalue weighted by molar-refractivity contribution is 5.99. The summed E-state index contributed by atoms with van der Waals surface area (Å²) in [6.07, 6.45) is 0.747. The molecule has 0 saturated heterocycles. The van der Waals surface area contributed by atoms with E-state index in [1.807, 2.05) is 6.92 Å². The maximum Gasteiger partial charge on any atom is 0.412 e. The second kappa shape index (κ2) is 10.2. The highest BCUT2D eigenvalue weighted by Crippen LogP contribution is 2.17. The van der Waals surface area contributed by atoms with Gasteiger partial charge in [-0.25, -0.2) is 4.79 Å². The molecule has 1 rings (SSSR count). The molecule has 7 nitrogen and oxygen atoms in total. The lowest BCUT2D eigenvalue weighted by molar-refractivity contribution is -0.112. The monoisotopic (exact) mass is 322 g/mol. The van der Waals surface area contributed by atoms with E-state index in [1.54, 1.807) is 31.2 Å². The second-order valence-electron chi connectivity index (χ2n) is 4.49. The van der Waals surface area contributed by atoms with Crippen LogP contribution in [-0.2, 0) is 14.3 Å². The van der Waals surface area contributed by atoms with E-state index in [-0.39, 0.29) is 5.91 Å². The number of hydrogen-bond acceptors (Lipinski definition) is 5. The quantitative estimate of drug-likeness (QED) is 0.436. The molecule has 0 atom stereocenters. The molecule has 0 spiro atoms. The maximum atomic E-state index is 11.7. The predicted molar refractivity (Wildman–Crippen MR) is 86.4 cm³/mol. The first-order valence-corrected chi connectivity index (χ1v) is 7.22. The van der Waals surface area contributed by atoms with Gasteiger partial charge in [0, 0.05) is 31.0 Å². The zero-order chi connectivity index (χ0) is 17.1. The molecule has 126 valence electrons. The molecule has 0 aliphatic rings. The van der Waals surface area contributed by atoms with Crippen LogP contribution in [0.1, 0.15) is 13.8 Å². The van der Waals surface area contributed by atoms with Crippen molar-refractivity contribution in [3.8, 4) is 5.75 Å². The molecule has 0 heterocycles. The summed E-state index contributed by atoms with van der Waals surface area (Å²) in [7, 11) is 1.48. The van der Waals surface area contributed by atoms with E-state index >= 15 is 0 Å². The average molecular weight is 322 g/mol. The van der Waals surface area contributed by atoms with Gasteiger partial charge in [-0.15, -0.1) is 0 Å². The highest BCUT2D eigenvalue weighted by atomic mass is 16.6. The number of allylic oxidation sites excluding steroid dienone is 1. The van der Waals surface area contributed by atoms with Gasteiger partial charge in [0.2, 0.25) is 0 Å². The van der Waals surface area contributed by atoms with Crippen molar-refractivity contribution in [3.05, 3.63) is 36.1 Å².